The number of alkyl halides is 2. The molecular weight excluding hydrogens is 574 g/mol. The number of hydrogen-bond donors (Lipinski definition) is 4. The monoisotopic (exact) mass is 608 g/mol. The molecular formula is C32H34F2N4O6. The Morgan fingerprint density at radius 2 is 1.95 bits per heavy atom. The lowest BCUT2D eigenvalue weighted by Gasteiger charge is -2.29. The smallest absolute Gasteiger partial charge is 0.321 e. The quantitative estimate of drug-likeness (QED) is 0.223. The minimum atomic E-state index is -3.57. The summed E-state index contributed by atoms with van der Waals surface area (Å²) in [6, 6.07) is 16.5. The fourth-order valence-corrected chi connectivity index (χ4v) is 4.93. The molecule has 10 nitrogen and oxygen atoms in total. The van der Waals surface area contributed by atoms with Crippen molar-refractivity contribution in [3.63, 3.8) is 0 Å². The minimum absolute atomic E-state index is 0.0163. The normalized spacial score (nSPS) is 17.4. The van der Waals surface area contributed by atoms with Gasteiger partial charge in [0.05, 0.1) is 25.3 Å². The molecule has 4 N–H and O–H groups in total. The highest BCUT2D eigenvalue weighted by Gasteiger charge is 2.35. The Labute approximate surface area is 253 Å². The fraction of sp³-hybridized carbons (Fsp3) is 0.344. The van der Waals surface area contributed by atoms with E-state index in [1.807, 2.05) is 0 Å². The van der Waals surface area contributed by atoms with Gasteiger partial charge in [0.2, 0.25) is 0 Å². The molecule has 0 bridgehead atoms. The molecule has 2 amide bonds. The third-order valence-electron chi connectivity index (χ3n) is 7.30. The van der Waals surface area contributed by atoms with E-state index in [1.165, 1.54) is 0 Å². The van der Waals surface area contributed by atoms with Crippen LogP contribution in [0.3, 0.4) is 0 Å². The number of carbonyl (C=O) groups excluding carboxylic acids is 2. The van der Waals surface area contributed by atoms with E-state index in [4.69, 9.17) is 24.4 Å². The first-order valence-corrected chi connectivity index (χ1v) is 14.2. The van der Waals surface area contributed by atoms with Gasteiger partial charge in [-0.1, -0.05) is 18.2 Å². The lowest BCUT2D eigenvalue weighted by atomic mass is 10.00. The van der Waals surface area contributed by atoms with Crippen molar-refractivity contribution in [1.29, 1.82) is 5.41 Å². The van der Waals surface area contributed by atoms with Crippen molar-refractivity contribution in [2.75, 3.05) is 25.3 Å². The van der Waals surface area contributed by atoms with Crippen LogP contribution in [0.25, 0.3) is 0 Å². The molecule has 0 saturated carbocycles. The summed E-state index contributed by atoms with van der Waals surface area (Å²) in [7, 11) is 0. The van der Waals surface area contributed by atoms with Crippen LogP contribution in [-0.2, 0) is 20.9 Å². The third-order valence-corrected chi connectivity index (χ3v) is 7.30. The average molecular weight is 609 g/mol. The topological polar surface area (TPSA) is 131 Å². The number of ether oxygens (including phenoxy) is 4. The lowest BCUT2D eigenvalue weighted by Crippen LogP contribution is -2.46. The van der Waals surface area contributed by atoms with Crippen LogP contribution >= 0.6 is 0 Å². The van der Waals surface area contributed by atoms with E-state index < -0.39 is 24.0 Å². The maximum atomic E-state index is 13.7. The first-order chi connectivity index (χ1) is 21.1. The van der Waals surface area contributed by atoms with Gasteiger partial charge in [0.25, 0.3) is 11.8 Å². The SMILES string of the molecule is C[C@H](NC(=O)C(C)(F)F)[C@H](Oc1ccc(Nc2cccc(C(=O)NC3CCOC3)c2)c(C=N)c1)c1ccc2c(c1)OCOC2. The van der Waals surface area contributed by atoms with Crippen LogP contribution in [0.1, 0.15) is 53.4 Å². The van der Waals surface area contributed by atoms with Gasteiger partial charge in [-0.3, -0.25) is 9.59 Å². The van der Waals surface area contributed by atoms with Gasteiger partial charge in [-0.25, -0.2) is 0 Å². The number of benzene rings is 3. The third kappa shape index (κ3) is 7.50. The maximum absolute atomic E-state index is 13.7. The Bertz CT molecular complexity index is 1520. The molecule has 2 aliphatic heterocycles. The number of hydrogen-bond acceptors (Lipinski definition) is 8. The Hall–Kier alpha value is -4.55. The predicted octanol–water partition coefficient (Wildman–Crippen LogP) is 5.09. The highest BCUT2D eigenvalue weighted by atomic mass is 19.3. The molecule has 2 aliphatic rings. The average Bonchev–Trinajstić information content (AvgIpc) is 3.53. The summed E-state index contributed by atoms with van der Waals surface area (Å²) in [6.07, 6.45) is 1.04. The van der Waals surface area contributed by atoms with Crippen molar-refractivity contribution in [2.24, 2.45) is 0 Å². The molecule has 0 radical (unpaired) electrons. The van der Waals surface area contributed by atoms with Gasteiger partial charge in [-0.05, 0) is 61.4 Å². The van der Waals surface area contributed by atoms with Crippen molar-refractivity contribution >= 4 is 29.4 Å². The zero-order valence-corrected chi connectivity index (χ0v) is 24.3. The van der Waals surface area contributed by atoms with E-state index in [1.54, 1.807) is 67.6 Å². The molecule has 232 valence electrons. The van der Waals surface area contributed by atoms with E-state index in [2.05, 4.69) is 16.0 Å². The number of anilines is 2. The number of fused-ring (bicyclic) bond motifs is 1. The van der Waals surface area contributed by atoms with E-state index in [0.29, 0.717) is 66.3 Å². The molecule has 1 unspecified atom stereocenters. The zero-order chi connectivity index (χ0) is 31.3. The summed E-state index contributed by atoms with van der Waals surface area (Å²) in [6.45, 7) is 3.68. The van der Waals surface area contributed by atoms with Crippen LogP contribution in [0.2, 0.25) is 0 Å². The Morgan fingerprint density at radius 1 is 1.11 bits per heavy atom. The Balaban J connectivity index is 1.36. The second-order valence-corrected chi connectivity index (χ2v) is 10.8. The molecule has 0 aliphatic carbocycles. The summed E-state index contributed by atoms with van der Waals surface area (Å²) < 4.78 is 50.0. The van der Waals surface area contributed by atoms with Crippen molar-refractivity contribution in [2.45, 2.75) is 51.0 Å². The van der Waals surface area contributed by atoms with Gasteiger partial charge in [-0.15, -0.1) is 0 Å². The number of rotatable bonds is 11. The first kappa shape index (κ1) is 30.9. The van der Waals surface area contributed by atoms with Crippen LogP contribution in [0.15, 0.2) is 60.7 Å². The fourth-order valence-electron chi connectivity index (χ4n) is 4.93. The zero-order valence-electron chi connectivity index (χ0n) is 24.3. The molecule has 1 fully saturated rings. The summed E-state index contributed by atoms with van der Waals surface area (Å²) in [5.74, 6) is -4.27. The van der Waals surface area contributed by atoms with Crippen LogP contribution in [0.5, 0.6) is 11.5 Å². The maximum Gasteiger partial charge on any atom is 0.321 e. The number of amides is 2. The number of nitrogens with one attached hydrogen (secondary N) is 4. The lowest BCUT2D eigenvalue weighted by molar-refractivity contribution is -0.144. The predicted molar refractivity (Wildman–Crippen MR) is 159 cm³/mol. The van der Waals surface area contributed by atoms with E-state index in [-0.39, 0.29) is 18.7 Å². The van der Waals surface area contributed by atoms with Crippen LogP contribution in [0, 0.1) is 5.41 Å². The molecule has 0 aromatic heterocycles. The molecule has 1 saturated heterocycles. The second-order valence-electron chi connectivity index (χ2n) is 10.8. The summed E-state index contributed by atoms with van der Waals surface area (Å²) in [5.41, 5.74) is 3.60. The highest BCUT2D eigenvalue weighted by Crippen LogP contribution is 2.33. The van der Waals surface area contributed by atoms with Crippen LogP contribution in [0.4, 0.5) is 20.2 Å². The molecule has 3 aromatic carbocycles. The van der Waals surface area contributed by atoms with Crippen LogP contribution < -0.4 is 25.4 Å². The highest BCUT2D eigenvalue weighted by molar-refractivity contribution is 5.96. The van der Waals surface area contributed by atoms with E-state index >= 15 is 0 Å². The molecule has 44 heavy (non-hydrogen) atoms. The number of halogens is 2. The van der Waals surface area contributed by atoms with Gasteiger partial charge >= 0.3 is 5.92 Å². The van der Waals surface area contributed by atoms with E-state index in [0.717, 1.165) is 18.2 Å². The van der Waals surface area contributed by atoms with Crippen molar-refractivity contribution in [3.05, 3.63) is 82.9 Å². The number of carbonyl (C=O) groups is 2. The standard InChI is InChI=1S/C32H34F2N4O6/c1-19(36-31(40)32(2,33)34)29(20-6-7-22-16-42-18-43-28(22)14-20)44-26-8-9-27(23(13-26)15-35)37-24-5-3-4-21(12-24)30(39)38-25-10-11-41-17-25/h3-9,12-15,19,25,29,35,37H,10-11,16-18H2,1-2H3,(H,36,40)(H,38,39)/t19-,25?,29-/m0/s1. The van der Waals surface area contributed by atoms with Crippen molar-refractivity contribution in [3.8, 4) is 11.5 Å². The van der Waals surface area contributed by atoms with Gasteiger partial charge in [-0.2, -0.15) is 8.78 Å². The Kier molecular flexibility index (Phi) is 9.40. The van der Waals surface area contributed by atoms with Crippen molar-refractivity contribution in [1.82, 2.24) is 10.6 Å². The van der Waals surface area contributed by atoms with Gasteiger partial charge in [0.15, 0.2) is 6.79 Å². The molecule has 5 rings (SSSR count). The molecule has 2 heterocycles. The molecule has 0 spiro atoms. The molecule has 3 aromatic rings. The molecule has 3 atom stereocenters. The summed E-state index contributed by atoms with van der Waals surface area (Å²) in [5, 5.41) is 16.6. The summed E-state index contributed by atoms with van der Waals surface area (Å²) >= 11 is 0. The summed E-state index contributed by atoms with van der Waals surface area (Å²) in [4.78, 5) is 24.9. The van der Waals surface area contributed by atoms with Gasteiger partial charge < -0.3 is 40.3 Å². The largest absolute Gasteiger partial charge is 0.484 e. The Morgan fingerprint density at radius 3 is 2.70 bits per heavy atom. The first-order valence-electron chi connectivity index (χ1n) is 14.2. The van der Waals surface area contributed by atoms with Gasteiger partial charge in [0.1, 0.15) is 17.6 Å². The van der Waals surface area contributed by atoms with E-state index in [9.17, 15) is 18.4 Å². The minimum Gasteiger partial charge on any atom is -0.484 e. The molecule has 12 heteroatoms. The van der Waals surface area contributed by atoms with Crippen LogP contribution in [-0.4, -0.2) is 56.0 Å². The second kappa shape index (κ2) is 13.4. The van der Waals surface area contributed by atoms with Gasteiger partial charge in [0, 0.05) is 47.8 Å². The van der Waals surface area contributed by atoms with Crippen molar-refractivity contribution < 1.29 is 37.3 Å².